The summed E-state index contributed by atoms with van der Waals surface area (Å²) in [7, 11) is 0. The molecule has 126 valence electrons. The topological polar surface area (TPSA) is 49.4 Å². The summed E-state index contributed by atoms with van der Waals surface area (Å²) < 4.78 is 0.991. The highest BCUT2D eigenvalue weighted by molar-refractivity contribution is 9.10. The largest absolute Gasteiger partial charge is 0.329 e. The standard InChI is InChI=1S/C19H21BrN2O2/c1-13-5-4-6-16(9-13)11-22(15(3)23)12-19(24)21-17-7-8-18(20)14(2)10-17/h4-10H,11-12H2,1-3H3,(H,21,24). The lowest BCUT2D eigenvalue weighted by atomic mass is 10.1. The molecule has 0 atom stereocenters. The minimum atomic E-state index is -0.209. The summed E-state index contributed by atoms with van der Waals surface area (Å²) in [5.41, 5.74) is 3.90. The van der Waals surface area contributed by atoms with Crippen LogP contribution in [0.25, 0.3) is 0 Å². The summed E-state index contributed by atoms with van der Waals surface area (Å²) in [4.78, 5) is 25.7. The lowest BCUT2D eigenvalue weighted by Crippen LogP contribution is -2.36. The first-order valence-electron chi connectivity index (χ1n) is 7.72. The maximum absolute atomic E-state index is 12.3. The summed E-state index contributed by atoms with van der Waals surface area (Å²) in [5, 5.41) is 2.84. The molecule has 0 aliphatic heterocycles. The fourth-order valence-electron chi connectivity index (χ4n) is 2.41. The number of hydrogen-bond donors (Lipinski definition) is 1. The molecule has 0 aliphatic carbocycles. The van der Waals surface area contributed by atoms with Gasteiger partial charge in [0.05, 0.1) is 0 Å². The highest BCUT2D eigenvalue weighted by Gasteiger charge is 2.14. The van der Waals surface area contributed by atoms with Crippen molar-refractivity contribution in [3.63, 3.8) is 0 Å². The van der Waals surface area contributed by atoms with Crippen molar-refractivity contribution in [1.29, 1.82) is 0 Å². The molecule has 5 heteroatoms. The van der Waals surface area contributed by atoms with Crippen molar-refractivity contribution < 1.29 is 9.59 Å². The normalized spacial score (nSPS) is 10.3. The second-order valence-corrected chi connectivity index (χ2v) is 6.73. The number of carbonyl (C=O) groups is 2. The van der Waals surface area contributed by atoms with Crippen molar-refractivity contribution >= 4 is 33.4 Å². The summed E-state index contributed by atoms with van der Waals surface area (Å²) in [6, 6.07) is 13.5. The van der Waals surface area contributed by atoms with Crippen LogP contribution in [-0.2, 0) is 16.1 Å². The van der Waals surface area contributed by atoms with Crippen LogP contribution >= 0.6 is 15.9 Å². The van der Waals surface area contributed by atoms with Gasteiger partial charge in [-0.1, -0.05) is 45.8 Å². The van der Waals surface area contributed by atoms with Crippen LogP contribution in [-0.4, -0.2) is 23.3 Å². The Kier molecular flexibility index (Phi) is 6.15. The number of aryl methyl sites for hydroxylation is 2. The van der Waals surface area contributed by atoms with E-state index in [9.17, 15) is 9.59 Å². The van der Waals surface area contributed by atoms with Gasteiger partial charge in [0.2, 0.25) is 11.8 Å². The maximum atomic E-state index is 12.3. The zero-order valence-electron chi connectivity index (χ0n) is 14.1. The van der Waals surface area contributed by atoms with Crippen LogP contribution in [0.2, 0.25) is 0 Å². The van der Waals surface area contributed by atoms with Gasteiger partial charge in [0.15, 0.2) is 0 Å². The van der Waals surface area contributed by atoms with Gasteiger partial charge in [0, 0.05) is 23.6 Å². The van der Waals surface area contributed by atoms with E-state index in [1.54, 1.807) is 0 Å². The van der Waals surface area contributed by atoms with E-state index in [-0.39, 0.29) is 18.4 Å². The third kappa shape index (κ3) is 5.20. The van der Waals surface area contributed by atoms with E-state index in [4.69, 9.17) is 0 Å². The van der Waals surface area contributed by atoms with Crippen molar-refractivity contribution in [2.75, 3.05) is 11.9 Å². The Morgan fingerprint density at radius 2 is 1.88 bits per heavy atom. The second-order valence-electron chi connectivity index (χ2n) is 5.88. The second kappa shape index (κ2) is 8.11. The van der Waals surface area contributed by atoms with Crippen molar-refractivity contribution in [2.24, 2.45) is 0 Å². The first kappa shape index (κ1) is 18.2. The lowest BCUT2D eigenvalue weighted by Gasteiger charge is -2.21. The van der Waals surface area contributed by atoms with Gasteiger partial charge in [-0.05, 0) is 43.2 Å². The third-order valence-corrected chi connectivity index (χ3v) is 4.57. The fourth-order valence-corrected chi connectivity index (χ4v) is 2.65. The zero-order valence-corrected chi connectivity index (χ0v) is 15.7. The van der Waals surface area contributed by atoms with Gasteiger partial charge in [0.1, 0.15) is 6.54 Å². The SMILES string of the molecule is CC(=O)N(CC(=O)Nc1ccc(Br)c(C)c1)Cc1cccc(C)c1. The number of rotatable bonds is 5. The van der Waals surface area contributed by atoms with E-state index >= 15 is 0 Å². The molecule has 0 fully saturated rings. The van der Waals surface area contributed by atoms with E-state index in [1.165, 1.54) is 11.8 Å². The Morgan fingerprint density at radius 3 is 2.50 bits per heavy atom. The summed E-state index contributed by atoms with van der Waals surface area (Å²) >= 11 is 3.43. The fraction of sp³-hybridized carbons (Fsp3) is 0.263. The number of benzene rings is 2. The predicted octanol–water partition coefficient (Wildman–Crippen LogP) is 4.05. The third-order valence-electron chi connectivity index (χ3n) is 3.68. The van der Waals surface area contributed by atoms with Gasteiger partial charge in [-0.2, -0.15) is 0 Å². The van der Waals surface area contributed by atoms with E-state index in [0.29, 0.717) is 6.54 Å². The van der Waals surface area contributed by atoms with Crippen molar-refractivity contribution in [1.82, 2.24) is 4.90 Å². The van der Waals surface area contributed by atoms with Crippen molar-refractivity contribution in [3.05, 3.63) is 63.6 Å². The minimum Gasteiger partial charge on any atom is -0.329 e. The summed E-state index contributed by atoms with van der Waals surface area (Å²) in [6.07, 6.45) is 0. The molecule has 0 saturated heterocycles. The number of nitrogens with one attached hydrogen (secondary N) is 1. The molecule has 24 heavy (non-hydrogen) atoms. The Bertz CT molecular complexity index is 759. The number of anilines is 1. The Labute approximate surface area is 151 Å². The number of nitrogens with zero attached hydrogens (tertiary/aromatic N) is 1. The molecule has 0 aliphatic rings. The minimum absolute atomic E-state index is 0.0262. The van der Waals surface area contributed by atoms with Gasteiger partial charge >= 0.3 is 0 Å². The molecule has 4 nitrogen and oxygen atoms in total. The molecular formula is C19H21BrN2O2. The van der Waals surface area contributed by atoms with E-state index in [1.807, 2.05) is 56.3 Å². The van der Waals surface area contributed by atoms with Crippen LogP contribution in [0, 0.1) is 13.8 Å². The molecule has 0 unspecified atom stereocenters. The van der Waals surface area contributed by atoms with Gasteiger partial charge in [-0.25, -0.2) is 0 Å². The molecule has 2 aromatic rings. The molecule has 0 bridgehead atoms. The molecule has 2 aromatic carbocycles. The average molecular weight is 389 g/mol. The number of halogens is 1. The van der Waals surface area contributed by atoms with Gasteiger partial charge in [0.25, 0.3) is 0 Å². The van der Waals surface area contributed by atoms with Crippen LogP contribution < -0.4 is 5.32 Å². The highest BCUT2D eigenvalue weighted by Crippen LogP contribution is 2.20. The summed E-state index contributed by atoms with van der Waals surface area (Å²) in [6.45, 7) is 5.89. The molecule has 1 N–H and O–H groups in total. The number of hydrogen-bond acceptors (Lipinski definition) is 2. The van der Waals surface area contributed by atoms with E-state index in [2.05, 4.69) is 21.2 Å². The van der Waals surface area contributed by atoms with Crippen LogP contribution in [0.3, 0.4) is 0 Å². The van der Waals surface area contributed by atoms with Crippen molar-refractivity contribution in [3.8, 4) is 0 Å². The number of amides is 2. The molecule has 0 heterocycles. The van der Waals surface area contributed by atoms with E-state index in [0.717, 1.165) is 26.9 Å². The van der Waals surface area contributed by atoms with Crippen LogP contribution in [0.4, 0.5) is 5.69 Å². The van der Waals surface area contributed by atoms with Crippen LogP contribution in [0.5, 0.6) is 0 Å². The van der Waals surface area contributed by atoms with Crippen molar-refractivity contribution in [2.45, 2.75) is 27.3 Å². The molecule has 0 spiro atoms. The number of carbonyl (C=O) groups excluding carboxylic acids is 2. The maximum Gasteiger partial charge on any atom is 0.244 e. The zero-order chi connectivity index (χ0) is 17.7. The smallest absolute Gasteiger partial charge is 0.244 e. The molecule has 0 radical (unpaired) electrons. The predicted molar refractivity (Wildman–Crippen MR) is 99.8 cm³/mol. The quantitative estimate of drug-likeness (QED) is 0.839. The first-order chi connectivity index (χ1) is 11.3. The molecule has 0 aromatic heterocycles. The Balaban J connectivity index is 2.02. The Morgan fingerprint density at radius 1 is 1.12 bits per heavy atom. The van der Waals surface area contributed by atoms with Gasteiger partial charge < -0.3 is 10.2 Å². The highest BCUT2D eigenvalue weighted by atomic mass is 79.9. The van der Waals surface area contributed by atoms with Gasteiger partial charge in [-0.3, -0.25) is 9.59 Å². The lowest BCUT2D eigenvalue weighted by molar-refractivity contribution is -0.133. The molecule has 2 rings (SSSR count). The Hall–Kier alpha value is -2.14. The molecule has 0 saturated carbocycles. The molecule has 2 amide bonds. The summed E-state index contributed by atoms with van der Waals surface area (Å²) in [5.74, 6) is -0.335. The average Bonchev–Trinajstić information content (AvgIpc) is 2.50. The monoisotopic (exact) mass is 388 g/mol. The van der Waals surface area contributed by atoms with E-state index < -0.39 is 0 Å². The first-order valence-corrected chi connectivity index (χ1v) is 8.51. The molecular weight excluding hydrogens is 368 g/mol. The van der Waals surface area contributed by atoms with Gasteiger partial charge in [-0.15, -0.1) is 0 Å². The van der Waals surface area contributed by atoms with Crippen LogP contribution in [0.1, 0.15) is 23.6 Å². The van der Waals surface area contributed by atoms with Crippen LogP contribution in [0.15, 0.2) is 46.9 Å².